The van der Waals surface area contributed by atoms with Crippen LogP contribution in [0.5, 0.6) is 11.5 Å². The molecule has 0 aromatic heterocycles. The van der Waals surface area contributed by atoms with E-state index in [0.29, 0.717) is 0 Å². The smallest absolute Gasteiger partial charge is 0.279 e. The van der Waals surface area contributed by atoms with Gasteiger partial charge in [-0.2, -0.15) is 0 Å². The summed E-state index contributed by atoms with van der Waals surface area (Å²) >= 11 is 6.10. The van der Waals surface area contributed by atoms with Crippen LogP contribution in [0.2, 0.25) is 5.02 Å². The summed E-state index contributed by atoms with van der Waals surface area (Å²) in [7, 11) is 2.72. The summed E-state index contributed by atoms with van der Waals surface area (Å²) in [5.74, 6) is 0.331. The van der Waals surface area contributed by atoms with Crippen LogP contribution in [0, 0.1) is 10.1 Å². The number of nitro benzene ring substituents is 1. The summed E-state index contributed by atoms with van der Waals surface area (Å²) in [4.78, 5) is 10.5. The lowest BCUT2D eigenvalue weighted by Gasteiger charge is -2.17. The zero-order valence-electron chi connectivity index (χ0n) is 10.6. The van der Waals surface area contributed by atoms with Crippen LogP contribution < -0.4 is 15.2 Å². The van der Waals surface area contributed by atoms with E-state index in [4.69, 9.17) is 31.9 Å². The number of rotatable bonds is 6. The third-order valence-corrected chi connectivity index (χ3v) is 3.01. The fourth-order valence-electron chi connectivity index (χ4n) is 1.74. The van der Waals surface area contributed by atoms with Crippen molar-refractivity contribution in [2.24, 2.45) is 5.73 Å². The maximum absolute atomic E-state index is 11.1. The summed E-state index contributed by atoms with van der Waals surface area (Å²) in [6.07, 6.45) is 0.149. The normalized spacial score (nSPS) is 12.1. The van der Waals surface area contributed by atoms with Crippen molar-refractivity contribution in [1.82, 2.24) is 0 Å². The minimum atomic E-state index is -0.766. The van der Waals surface area contributed by atoms with Gasteiger partial charge in [-0.05, 0) is 6.42 Å². The molecule has 1 rings (SSSR count). The number of hydrogen-bond acceptors (Lipinski definition) is 6. The first kappa shape index (κ1) is 15.5. The zero-order chi connectivity index (χ0) is 14.6. The van der Waals surface area contributed by atoms with Crippen molar-refractivity contribution in [2.75, 3.05) is 20.8 Å². The molecule has 0 radical (unpaired) electrons. The van der Waals surface area contributed by atoms with Crippen molar-refractivity contribution in [3.63, 3.8) is 0 Å². The van der Waals surface area contributed by atoms with E-state index >= 15 is 0 Å². The van der Waals surface area contributed by atoms with Gasteiger partial charge in [0.2, 0.25) is 0 Å². The van der Waals surface area contributed by atoms with Gasteiger partial charge >= 0.3 is 0 Å². The first-order valence-corrected chi connectivity index (χ1v) is 5.80. The number of nitrogens with two attached hydrogens (primary N) is 1. The van der Waals surface area contributed by atoms with Crippen molar-refractivity contribution in [3.05, 3.63) is 26.8 Å². The molecule has 1 atom stereocenters. The predicted molar refractivity (Wildman–Crippen MR) is 69.8 cm³/mol. The van der Waals surface area contributed by atoms with Crippen LogP contribution in [0.4, 0.5) is 5.69 Å². The number of nitrogens with zero attached hydrogens (tertiary/aromatic N) is 1. The second-order valence-corrected chi connectivity index (χ2v) is 4.11. The fourth-order valence-corrected chi connectivity index (χ4v) is 2.15. The Kier molecular flexibility index (Phi) is 5.34. The molecule has 7 nitrogen and oxygen atoms in total. The minimum absolute atomic E-state index is 0.0227. The SMILES string of the molecule is COc1cc([N+](=O)[O-])c(C(N)CCO)c(Cl)c1OC. The molecule has 0 aliphatic carbocycles. The van der Waals surface area contributed by atoms with Crippen LogP contribution >= 0.6 is 11.6 Å². The molecule has 0 amide bonds. The Morgan fingerprint density at radius 3 is 2.58 bits per heavy atom. The van der Waals surface area contributed by atoms with Gasteiger partial charge in [-0.25, -0.2) is 0 Å². The van der Waals surface area contributed by atoms with Gasteiger partial charge in [0.15, 0.2) is 11.5 Å². The molecule has 0 heterocycles. The summed E-state index contributed by atoms with van der Waals surface area (Å²) in [5, 5.41) is 20.0. The molecule has 0 fully saturated rings. The largest absolute Gasteiger partial charge is 0.493 e. The van der Waals surface area contributed by atoms with E-state index in [1.165, 1.54) is 20.3 Å². The Bertz CT molecular complexity index is 481. The molecule has 0 saturated heterocycles. The molecule has 1 aromatic carbocycles. The Morgan fingerprint density at radius 1 is 1.53 bits per heavy atom. The van der Waals surface area contributed by atoms with Crippen LogP contribution in [0.3, 0.4) is 0 Å². The molecule has 1 unspecified atom stereocenters. The van der Waals surface area contributed by atoms with E-state index in [1.54, 1.807) is 0 Å². The van der Waals surface area contributed by atoms with E-state index in [9.17, 15) is 10.1 Å². The standard InChI is InChI=1S/C11H15ClN2O5/c1-18-8-5-7(14(16)17)9(6(13)3-4-15)10(12)11(8)19-2/h5-6,15H,3-4,13H2,1-2H3. The summed E-state index contributed by atoms with van der Waals surface area (Å²) in [6.45, 7) is -0.205. The highest BCUT2D eigenvalue weighted by Crippen LogP contribution is 2.45. The molecule has 19 heavy (non-hydrogen) atoms. The molecule has 0 bridgehead atoms. The van der Waals surface area contributed by atoms with Crippen LogP contribution in [-0.2, 0) is 0 Å². The Balaban J connectivity index is 3.53. The summed E-state index contributed by atoms with van der Waals surface area (Å²) in [5.41, 5.74) is 5.68. The molecule has 0 spiro atoms. The number of halogens is 1. The maximum Gasteiger partial charge on any atom is 0.279 e. The van der Waals surface area contributed by atoms with Crippen LogP contribution in [0.15, 0.2) is 6.07 Å². The number of aliphatic hydroxyl groups excluding tert-OH is 1. The third kappa shape index (κ3) is 3.06. The zero-order valence-corrected chi connectivity index (χ0v) is 11.3. The van der Waals surface area contributed by atoms with Crippen molar-refractivity contribution in [2.45, 2.75) is 12.5 Å². The Morgan fingerprint density at radius 2 is 2.16 bits per heavy atom. The molecule has 8 heteroatoms. The molecule has 3 N–H and O–H groups in total. The number of aliphatic hydroxyl groups is 1. The van der Waals surface area contributed by atoms with Gasteiger partial charge in [-0.3, -0.25) is 10.1 Å². The predicted octanol–water partition coefficient (Wildman–Crippen LogP) is 1.65. The maximum atomic E-state index is 11.1. The monoisotopic (exact) mass is 290 g/mol. The molecular formula is C11H15ClN2O5. The van der Waals surface area contributed by atoms with Crippen molar-refractivity contribution in [1.29, 1.82) is 0 Å². The number of methoxy groups -OCH3 is 2. The highest BCUT2D eigenvalue weighted by atomic mass is 35.5. The topological polar surface area (TPSA) is 108 Å². The highest BCUT2D eigenvalue weighted by Gasteiger charge is 2.28. The van der Waals surface area contributed by atoms with Crippen LogP contribution in [0.25, 0.3) is 0 Å². The van der Waals surface area contributed by atoms with Gasteiger partial charge in [-0.1, -0.05) is 11.6 Å². The quantitative estimate of drug-likeness (QED) is 0.609. The molecule has 0 aliphatic rings. The molecule has 106 valence electrons. The first-order valence-electron chi connectivity index (χ1n) is 5.43. The second kappa shape index (κ2) is 6.55. The number of nitro groups is 1. The van der Waals surface area contributed by atoms with Crippen molar-refractivity contribution < 1.29 is 19.5 Å². The molecule has 1 aromatic rings. The number of ether oxygens (including phenoxy) is 2. The van der Waals surface area contributed by atoms with E-state index in [1.807, 2.05) is 0 Å². The van der Waals surface area contributed by atoms with Gasteiger partial charge in [-0.15, -0.1) is 0 Å². The number of hydrogen-bond donors (Lipinski definition) is 2. The lowest BCUT2D eigenvalue weighted by atomic mass is 10.0. The Labute approximate surface area is 115 Å². The van der Waals surface area contributed by atoms with Gasteiger partial charge in [0, 0.05) is 12.6 Å². The van der Waals surface area contributed by atoms with Gasteiger partial charge < -0.3 is 20.3 Å². The summed E-state index contributed by atoms with van der Waals surface area (Å²) < 4.78 is 10.1. The van der Waals surface area contributed by atoms with Gasteiger partial charge in [0.05, 0.1) is 35.8 Å². The second-order valence-electron chi connectivity index (χ2n) is 3.73. The number of benzene rings is 1. The average Bonchev–Trinajstić information content (AvgIpc) is 2.37. The summed E-state index contributed by atoms with van der Waals surface area (Å²) in [6, 6.07) is 0.440. The van der Waals surface area contributed by atoms with E-state index in [0.717, 1.165) is 0 Å². The minimum Gasteiger partial charge on any atom is -0.493 e. The van der Waals surface area contributed by atoms with E-state index < -0.39 is 11.0 Å². The van der Waals surface area contributed by atoms with Gasteiger partial charge in [0.25, 0.3) is 5.69 Å². The van der Waals surface area contributed by atoms with Crippen LogP contribution in [-0.4, -0.2) is 30.9 Å². The third-order valence-electron chi connectivity index (χ3n) is 2.64. The Hall–Kier alpha value is -1.57. The lowest BCUT2D eigenvalue weighted by Crippen LogP contribution is -2.15. The average molecular weight is 291 g/mol. The molecular weight excluding hydrogens is 276 g/mol. The highest BCUT2D eigenvalue weighted by molar-refractivity contribution is 6.33. The van der Waals surface area contributed by atoms with Crippen LogP contribution in [0.1, 0.15) is 18.0 Å². The van der Waals surface area contributed by atoms with Crippen molar-refractivity contribution in [3.8, 4) is 11.5 Å². The first-order chi connectivity index (χ1) is 8.97. The van der Waals surface area contributed by atoms with E-state index in [-0.39, 0.29) is 40.8 Å². The van der Waals surface area contributed by atoms with Gasteiger partial charge in [0.1, 0.15) is 0 Å². The van der Waals surface area contributed by atoms with E-state index in [2.05, 4.69) is 0 Å². The molecule has 0 saturated carbocycles. The lowest BCUT2D eigenvalue weighted by molar-refractivity contribution is -0.385. The molecule has 0 aliphatic heterocycles. The van der Waals surface area contributed by atoms with Crippen molar-refractivity contribution >= 4 is 17.3 Å². The fraction of sp³-hybridized carbons (Fsp3) is 0.455.